The number of hydrogen-bond acceptors (Lipinski definition) is 5. The quantitative estimate of drug-likeness (QED) is 0.400. The van der Waals surface area contributed by atoms with Crippen molar-refractivity contribution in [2.75, 3.05) is 45.2 Å². The minimum absolute atomic E-state index is 0.105. The van der Waals surface area contributed by atoms with Crippen LogP contribution in [0.2, 0.25) is 0 Å². The summed E-state index contributed by atoms with van der Waals surface area (Å²) >= 11 is 3.55. The lowest BCUT2D eigenvalue weighted by Crippen LogP contribution is -2.27. The Hall–Kier alpha value is -2.09. The molecule has 7 heteroatoms. The van der Waals surface area contributed by atoms with Gasteiger partial charge in [0, 0.05) is 12.2 Å². The van der Waals surface area contributed by atoms with E-state index in [1.807, 2.05) is 43.3 Å². The van der Waals surface area contributed by atoms with E-state index < -0.39 is 0 Å². The molecule has 0 fully saturated rings. The molecule has 0 aliphatic rings. The highest BCUT2D eigenvalue weighted by Gasteiger charge is 2.14. The van der Waals surface area contributed by atoms with Crippen molar-refractivity contribution >= 4 is 27.5 Å². The minimum atomic E-state index is -0.225. The number of benzene rings is 2. The molecule has 2 aromatic rings. The zero-order chi connectivity index (χ0) is 22.6. The van der Waals surface area contributed by atoms with E-state index in [1.165, 1.54) is 0 Å². The number of methoxy groups -OCH3 is 1. The maximum atomic E-state index is 12.2. The third-order valence-electron chi connectivity index (χ3n) is 5.02. The number of carbonyl (C=O) groups excluding carboxylic acids is 1. The summed E-state index contributed by atoms with van der Waals surface area (Å²) in [6, 6.07) is 11.6. The van der Waals surface area contributed by atoms with Crippen molar-refractivity contribution in [2.24, 2.45) is 0 Å². The van der Waals surface area contributed by atoms with Crippen LogP contribution in [0.15, 0.2) is 40.9 Å². The number of ether oxygens (including phenoxy) is 2. The highest BCUT2D eigenvalue weighted by molar-refractivity contribution is 9.10. The fraction of sp³-hybridized carbons (Fsp3) is 0.458. The van der Waals surface area contributed by atoms with Crippen molar-refractivity contribution in [2.45, 2.75) is 33.7 Å². The second-order valence-electron chi connectivity index (χ2n) is 7.37. The van der Waals surface area contributed by atoms with Crippen molar-refractivity contribution in [3.8, 4) is 11.5 Å². The molecule has 2 rings (SSSR count). The number of aryl methyl sites for hydroxylation is 1. The van der Waals surface area contributed by atoms with Gasteiger partial charge in [0.15, 0.2) is 18.1 Å². The molecule has 0 saturated heterocycles. The molecule has 0 atom stereocenters. The van der Waals surface area contributed by atoms with Crippen LogP contribution in [0.3, 0.4) is 0 Å². The van der Waals surface area contributed by atoms with E-state index in [0.717, 1.165) is 60.4 Å². The number of hydrogen-bond donors (Lipinski definition) is 2. The summed E-state index contributed by atoms with van der Waals surface area (Å²) in [4.78, 5) is 14.7. The maximum Gasteiger partial charge on any atom is 0.262 e. The van der Waals surface area contributed by atoms with Gasteiger partial charge in [0.2, 0.25) is 0 Å². The number of rotatable bonds is 13. The first-order valence-electron chi connectivity index (χ1n) is 10.8. The summed E-state index contributed by atoms with van der Waals surface area (Å²) in [5.41, 5.74) is 2.97. The molecule has 6 nitrogen and oxygen atoms in total. The van der Waals surface area contributed by atoms with Crippen LogP contribution in [0.5, 0.6) is 11.5 Å². The summed E-state index contributed by atoms with van der Waals surface area (Å²) in [7, 11) is 1.60. The molecule has 0 unspecified atom stereocenters. The van der Waals surface area contributed by atoms with Gasteiger partial charge in [-0.05, 0) is 85.3 Å². The topological polar surface area (TPSA) is 62.8 Å². The van der Waals surface area contributed by atoms with E-state index in [2.05, 4.69) is 45.3 Å². The number of anilines is 1. The van der Waals surface area contributed by atoms with Gasteiger partial charge in [0.1, 0.15) is 0 Å². The fourth-order valence-electron chi connectivity index (χ4n) is 3.19. The van der Waals surface area contributed by atoms with Gasteiger partial charge in [-0.3, -0.25) is 4.79 Å². The van der Waals surface area contributed by atoms with Gasteiger partial charge in [0.05, 0.1) is 11.6 Å². The first kappa shape index (κ1) is 25.2. The van der Waals surface area contributed by atoms with E-state index in [9.17, 15) is 4.79 Å². The molecule has 31 heavy (non-hydrogen) atoms. The lowest BCUT2D eigenvalue weighted by atomic mass is 10.2. The van der Waals surface area contributed by atoms with Crippen molar-refractivity contribution in [3.63, 3.8) is 0 Å². The highest BCUT2D eigenvalue weighted by atomic mass is 79.9. The Bertz CT molecular complexity index is 824. The molecule has 0 radical (unpaired) electrons. The number of halogens is 1. The average Bonchev–Trinajstić information content (AvgIpc) is 2.76. The number of carbonyl (C=O) groups is 1. The number of nitrogens with zero attached hydrogens (tertiary/aromatic N) is 1. The standard InChI is InChI=1S/C24H34BrN3O3/c1-5-28(6-2)13-7-12-26-16-19-14-21(25)24(22(15-19)30-4)31-17-23(29)27-20-10-8-18(3)9-11-20/h8-11,14-15,26H,5-7,12-13,16-17H2,1-4H3,(H,27,29). The Kier molecular flexibility index (Phi) is 10.8. The predicted molar refractivity (Wildman–Crippen MR) is 130 cm³/mol. The second kappa shape index (κ2) is 13.3. The van der Waals surface area contributed by atoms with Crippen molar-refractivity contribution in [1.82, 2.24) is 10.2 Å². The van der Waals surface area contributed by atoms with Gasteiger partial charge in [-0.25, -0.2) is 0 Å². The van der Waals surface area contributed by atoms with Crippen LogP contribution in [-0.4, -0.2) is 50.7 Å². The van der Waals surface area contributed by atoms with E-state index in [4.69, 9.17) is 9.47 Å². The van der Waals surface area contributed by atoms with E-state index in [0.29, 0.717) is 11.5 Å². The SMILES string of the molecule is CCN(CC)CCCNCc1cc(Br)c(OCC(=O)Nc2ccc(C)cc2)c(OC)c1. The van der Waals surface area contributed by atoms with E-state index >= 15 is 0 Å². The Labute approximate surface area is 194 Å². The molecule has 2 N–H and O–H groups in total. The van der Waals surface area contributed by atoms with Gasteiger partial charge in [0.25, 0.3) is 5.91 Å². The molecular formula is C24H34BrN3O3. The summed E-state index contributed by atoms with van der Waals surface area (Å²) in [5, 5.41) is 6.31. The van der Waals surface area contributed by atoms with Crippen LogP contribution in [-0.2, 0) is 11.3 Å². The molecular weight excluding hydrogens is 458 g/mol. The van der Waals surface area contributed by atoms with Crippen molar-refractivity contribution in [1.29, 1.82) is 0 Å². The molecule has 0 aliphatic heterocycles. The van der Waals surface area contributed by atoms with Crippen molar-refractivity contribution in [3.05, 3.63) is 52.0 Å². The van der Waals surface area contributed by atoms with Crippen LogP contribution >= 0.6 is 15.9 Å². The van der Waals surface area contributed by atoms with Gasteiger partial charge < -0.3 is 25.0 Å². The molecule has 2 aromatic carbocycles. The third-order valence-corrected chi connectivity index (χ3v) is 5.61. The summed E-state index contributed by atoms with van der Waals surface area (Å²) in [6.07, 6.45) is 1.11. The smallest absolute Gasteiger partial charge is 0.262 e. The van der Waals surface area contributed by atoms with Crippen LogP contribution in [0.1, 0.15) is 31.4 Å². The van der Waals surface area contributed by atoms with Gasteiger partial charge >= 0.3 is 0 Å². The normalized spacial score (nSPS) is 10.9. The average molecular weight is 492 g/mol. The van der Waals surface area contributed by atoms with Crippen LogP contribution < -0.4 is 20.1 Å². The van der Waals surface area contributed by atoms with Crippen LogP contribution in [0, 0.1) is 6.92 Å². The highest BCUT2D eigenvalue weighted by Crippen LogP contribution is 2.36. The maximum absolute atomic E-state index is 12.2. The molecule has 0 bridgehead atoms. The molecule has 0 saturated carbocycles. The Morgan fingerprint density at radius 2 is 1.84 bits per heavy atom. The van der Waals surface area contributed by atoms with Crippen molar-refractivity contribution < 1.29 is 14.3 Å². The number of amides is 1. The molecule has 0 spiro atoms. The monoisotopic (exact) mass is 491 g/mol. The van der Waals surface area contributed by atoms with Crippen LogP contribution in [0.25, 0.3) is 0 Å². The molecule has 170 valence electrons. The fourth-order valence-corrected chi connectivity index (χ4v) is 3.79. The third kappa shape index (κ3) is 8.51. The lowest BCUT2D eigenvalue weighted by molar-refractivity contribution is -0.118. The van der Waals surface area contributed by atoms with Gasteiger partial charge in [-0.1, -0.05) is 31.5 Å². The molecule has 1 amide bonds. The largest absolute Gasteiger partial charge is 0.493 e. The Morgan fingerprint density at radius 3 is 2.48 bits per heavy atom. The van der Waals surface area contributed by atoms with E-state index in [-0.39, 0.29) is 12.5 Å². The second-order valence-corrected chi connectivity index (χ2v) is 8.22. The minimum Gasteiger partial charge on any atom is -0.493 e. The zero-order valence-corrected chi connectivity index (χ0v) is 20.5. The predicted octanol–water partition coefficient (Wildman–Crippen LogP) is 4.61. The Balaban J connectivity index is 1.87. The van der Waals surface area contributed by atoms with Crippen LogP contribution in [0.4, 0.5) is 5.69 Å². The molecule has 0 aliphatic carbocycles. The summed E-state index contributed by atoms with van der Waals surface area (Å²) in [5.74, 6) is 0.890. The summed E-state index contributed by atoms with van der Waals surface area (Å²) < 4.78 is 12.0. The number of nitrogens with one attached hydrogen (secondary N) is 2. The van der Waals surface area contributed by atoms with Gasteiger partial charge in [-0.2, -0.15) is 0 Å². The lowest BCUT2D eigenvalue weighted by Gasteiger charge is -2.18. The molecule has 0 aromatic heterocycles. The molecule has 0 heterocycles. The first-order chi connectivity index (χ1) is 15.0. The summed E-state index contributed by atoms with van der Waals surface area (Å²) in [6.45, 7) is 11.2. The Morgan fingerprint density at radius 1 is 1.13 bits per heavy atom. The zero-order valence-electron chi connectivity index (χ0n) is 19.0. The first-order valence-corrected chi connectivity index (χ1v) is 11.5. The van der Waals surface area contributed by atoms with E-state index in [1.54, 1.807) is 7.11 Å². The van der Waals surface area contributed by atoms with Gasteiger partial charge in [-0.15, -0.1) is 0 Å².